The second-order valence-electron chi connectivity index (χ2n) is 3.66. The number of hydrogen-bond donors (Lipinski definition) is 3. The number of fused-ring (bicyclic) bond motifs is 1. The molecule has 19 heavy (non-hydrogen) atoms. The highest BCUT2D eigenvalue weighted by Crippen LogP contribution is 2.25. The lowest BCUT2D eigenvalue weighted by Gasteiger charge is -2.07. The van der Waals surface area contributed by atoms with Crippen molar-refractivity contribution in [2.75, 3.05) is 0 Å². The van der Waals surface area contributed by atoms with Gasteiger partial charge in [-0.05, 0) is 18.2 Å². The molecule has 0 spiro atoms. The topological polar surface area (TPSA) is 125 Å². The summed E-state index contributed by atoms with van der Waals surface area (Å²) in [5.41, 5.74) is -1.01. The summed E-state index contributed by atoms with van der Waals surface area (Å²) in [4.78, 5) is 37.0. The SMILES string of the molecule is O=C(O)c1ccc(C(=O)O)c2c(C(=O)O)ccnc12. The van der Waals surface area contributed by atoms with Crippen LogP contribution in [0.2, 0.25) is 0 Å². The van der Waals surface area contributed by atoms with Crippen molar-refractivity contribution in [3.63, 3.8) is 0 Å². The first-order valence-corrected chi connectivity index (χ1v) is 5.05. The van der Waals surface area contributed by atoms with Gasteiger partial charge in [0.2, 0.25) is 0 Å². The van der Waals surface area contributed by atoms with Crippen LogP contribution in [0, 0.1) is 0 Å². The lowest BCUT2D eigenvalue weighted by atomic mass is 9.99. The van der Waals surface area contributed by atoms with Crippen LogP contribution in [0.4, 0.5) is 0 Å². The van der Waals surface area contributed by atoms with E-state index in [1.807, 2.05) is 0 Å². The van der Waals surface area contributed by atoms with Crippen LogP contribution in [0.15, 0.2) is 24.4 Å². The summed E-state index contributed by atoms with van der Waals surface area (Å²) in [6, 6.07) is 3.28. The summed E-state index contributed by atoms with van der Waals surface area (Å²) in [6.45, 7) is 0. The Kier molecular flexibility index (Phi) is 2.88. The van der Waals surface area contributed by atoms with Crippen LogP contribution < -0.4 is 0 Å². The van der Waals surface area contributed by atoms with Gasteiger partial charge in [0, 0.05) is 11.6 Å². The van der Waals surface area contributed by atoms with Gasteiger partial charge in [-0.25, -0.2) is 14.4 Å². The van der Waals surface area contributed by atoms with Crippen molar-refractivity contribution in [3.05, 3.63) is 41.1 Å². The molecule has 0 amide bonds. The molecule has 0 unspecified atom stereocenters. The van der Waals surface area contributed by atoms with Gasteiger partial charge in [-0.15, -0.1) is 0 Å². The van der Waals surface area contributed by atoms with E-state index in [4.69, 9.17) is 15.3 Å². The third-order valence-electron chi connectivity index (χ3n) is 2.58. The predicted octanol–water partition coefficient (Wildman–Crippen LogP) is 1.33. The molecular weight excluding hydrogens is 254 g/mol. The maximum absolute atomic E-state index is 11.1. The summed E-state index contributed by atoms with van der Waals surface area (Å²) in [5.74, 6) is -4.01. The number of rotatable bonds is 3. The van der Waals surface area contributed by atoms with E-state index in [9.17, 15) is 14.4 Å². The lowest BCUT2D eigenvalue weighted by Crippen LogP contribution is -2.08. The Morgan fingerprint density at radius 3 is 1.79 bits per heavy atom. The molecule has 1 aromatic heterocycles. The minimum absolute atomic E-state index is 0.160. The molecule has 1 heterocycles. The molecular formula is C12H7NO6. The molecule has 0 fully saturated rings. The van der Waals surface area contributed by atoms with Crippen molar-refractivity contribution in [2.24, 2.45) is 0 Å². The van der Waals surface area contributed by atoms with E-state index >= 15 is 0 Å². The number of carboxylic acid groups (broad SMARTS) is 3. The highest BCUT2D eigenvalue weighted by Gasteiger charge is 2.21. The maximum atomic E-state index is 11.1. The summed E-state index contributed by atoms with van der Waals surface area (Å²) < 4.78 is 0. The van der Waals surface area contributed by atoms with Crippen molar-refractivity contribution in [3.8, 4) is 0 Å². The zero-order chi connectivity index (χ0) is 14.2. The van der Waals surface area contributed by atoms with Gasteiger partial charge in [-0.3, -0.25) is 4.98 Å². The second kappa shape index (κ2) is 4.37. The van der Waals surface area contributed by atoms with Gasteiger partial charge in [0.05, 0.1) is 22.2 Å². The molecule has 96 valence electrons. The third kappa shape index (κ3) is 1.97. The Hall–Kier alpha value is -2.96. The molecule has 0 saturated carbocycles. The number of pyridine rings is 1. The number of aromatic carboxylic acids is 3. The van der Waals surface area contributed by atoms with Gasteiger partial charge in [0.15, 0.2) is 0 Å². The van der Waals surface area contributed by atoms with Crippen molar-refractivity contribution in [1.29, 1.82) is 0 Å². The van der Waals surface area contributed by atoms with Gasteiger partial charge in [0.25, 0.3) is 0 Å². The van der Waals surface area contributed by atoms with Gasteiger partial charge in [-0.1, -0.05) is 0 Å². The minimum Gasteiger partial charge on any atom is -0.478 e. The van der Waals surface area contributed by atoms with Gasteiger partial charge >= 0.3 is 17.9 Å². The normalized spacial score (nSPS) is 10.3. The molecule has 0 aliphatic carbocycles. The molecule has 7 heteroatoms. The summed E-state index contributed by atoms with van der Waals surface area (Å²) in [5, 5.41) is 26.9. The van der Waals surface area contributed by atoms with E-state index in [-0.39, 0.29) is 27.6 Å². The first-order valence-electron chi connectivity index (χ1n) is 5.05. The van der Waals surface area contributed by atoms with Crippen LogP contribution in [0.5, 0.6) is 0 Å². The van der Waals surface area contributed by atoms with Gasteiger partial charge in [-0.2, -0.15) is 0 Å². The average molecular weight is 261 g/mol. The Morgan fingerprint density at radius 1 is 0.789 bits per heavy atom. The molecule has 0 aliphatic rings. The molecule has 0 aliphatic heterocycles. The zero-order valence-electron chi connectivity index (χ0n) is 9.32. The average Bonchev–Trinajstić information content (AvgIpc) is 2.35. The van der Waals surface area contributed by atoms with Crippen molar-refractivity contribution >= 4 is 28.8 Å². The number of nitrogens with zero attached hydrogens (tertiary/aromatic N) is 1. The van der Waals surface area contributed by atoms with Crippen LogP contribution in [0.3, 0.4) is 0 Å². The van der Waals surface area contributed by atoms with Crippen LogP contribution in [0.25, 0.3) is 10.9 Å². The monoisotopic (exact) mass is 261 g/mol. The van der Waals surface area contributed by atoms with Crippen molar-refractivity contribution in [1.82, 2.24) is 4.98 Å². The number of carboxylic acids is 3. The first kappa shape index (κ1) is 12.5. The maximum Gasteiger partial charge on any atom is 0.337 e. The molecule has 1 aromatic carbocycles. The fourth-order valence-electron chi connectivity index (χ4n) is 1.80. The van der Waals surface area contributed by atoms with Crippen molar-refractivity contribution in [2.45, 2.75) is 0 Å². The third-order valence-corrected chi connectivity index (χ3v) is 2.58. The van der Waals surface area contributed by atoms with E-state index in [1.165, 1.54) is 0 Å². The molecule has 3 N–H and O–H groups in total. The summed E-state index contributed by atoms with van der Waals surface area (Å²) in [6.07, 6.45) is 1.13. The first-order chi connectivity index (χ1) is 8.93. The van der Waals surface area contributed by atoms with E-state index in [2.05, 4.69) is 4.98 Å². The highest BCUT2D eigenvalue weighted by molar-refractivity contribution is 6.15. The smallest absolute Gasteiger partial charge is 0.337 e. The highest BCUT2D eigenvalue weighted by atomic mass is 16.4. The fraction of sp³-hybridized carbons (Fsp3) is 0. The zero-order valence-corrected chi connectivity index (χ0v) is 9.32. The molecule has 0 saturated heterocycles. The largest absolute Gasteiger partial charge is 0.478 e. The summed E-state index contributed by atoms with van der Waals surface area (Å²) >= 11 is 0. The minimum atomic E-state index is -1.35. The van der Waals surface area contributed by atoms with Crippen LogP contribution >= 0.6 is 0 Å². The second-order valence-corrected chi connectivity index (χ2v) is 3.66. The number of hydrogen-bond acceptors (Lipinski definition) is 4. The molecule has 7 nitrogen and oxygen atoms in total. The number of benzene rings is 1. The molecule has 0 radical (unpaired) electrons. The molecule has 0 bridgehead atoms. The Bertz CT molecular complexity index is 701. The predicted molar refractivity (Wildman–Crippen MR) is 62.6 cm³/mol. The lowest BCUT2D eigenvalue weighted by molar-refractivity contribution is 0.0681. The molecule has 2 aromatic rings. The Labute approximate surface area is 105 Å². The molecule has 0 atom stereocenters. The molecule has 2 rings (SSSR count). The van der Waals surface area contributed by atoms with E-state index in [0.29, 0.717) is 0 Å². The number of aromatic nitrogens is 1. The Balaban J connectivity index is 3.01. The quantitative estimate of drug-likeness (QED) is 0.760. The fourth-order valence-corrected chi connectivity index (χ4v) is 1.80. The summed E-state index contributed by atoms with van der Waals surface area (Å²) in [7, 11) is 0. The van der Waals surface area contributed by atoms with Gasteiger partial charge < -0.3 is 15.3 Å². The van der Waals surface area contributed by atoms with E-state index in [0.717, 1.165) is 24.4 Å². The van der Waals surface area contributed by atoms with E-state index < -0.39 is 17.9 Å². The van der Waals surface area contributed by atoms with Crippen LogP contribution in [-0.2, 0) is 0 Å². The van der Waals surface area contributed by atoms with E-state index in [1.54, 1.807) is 0 Å². The number of carbonyl (C=O) groups is 3. The van der Waals surface area contributed by atoms with Crippen molar-refractivity contribution < 1.29 is 29.7 Å². The van der Waals surface area contributed by atoms with Crippen LogP contribution in [-0.4, -0.2) is 38.2 Å². The van der Waals surface area contributed by atoms with Gasteiger partial charge in [0.1, 0.15) is 0 Å². The van der Waals surface area contributed by atoms with Crippen LogP contribution in [0.1, 0.15) is 31.1 Å². The Morgan fingerprint density at radius 2 is 1.26 bits per heavy atom. The standard InChI is InChI=1S/C12H7NO6/c14-10(15)5-1-2-7(12(18)19)9-8(5)6(11(16)17)3-4-13-9/h1-4H,(H,14,15)(H,16,17)(H,18,19).